The molecule has 0 radical (unpaired) electrons. The zero-order valence-corrected chi connectivity index (χ0v) is 17.4. The molecule has 29 heavy (non-hydrogen) atoms. The minimum Gasteiger partial charge on any atom is -0.362 e. The fraction of sp³-hybridized carbons (Fsp3) is 0.579. The van der Waals surface area contributed by atoms with Gasteiger partial charge in [-0.15, -0.1) is 12.4 Å². The number of amides is 2. The number of hydrogen-bond donors (Lipinski definition) is 1. The number of nitro benzene ring substituents is 1. The number of piperazine rings is 1. The fourth-order valence-corrected chi connectivity index (χ4v) is 4.01. The first kappa shape index (κ1) is 22.9. The summed E-state index contributed by atoms with van der Waals surface area (Å²) in [6.07, 6.45) is 2.82. The van der Waals surface area contributed by atoms with E-state index in [2.05, 4.69) is 0 Å². The lowest BCUT2D eigenvalue weighted by atomic mass is 10.0. The first-order valence-corrected chi connectivity index (χ1v) is 9.72. The molecule has 2 N–H and O–H groups in total. The second-order valence-corrected chi connectivity index (χ2v) is 7.34. The number of likely N-dealkylation sites (tertiary alicyclic amines) is 1. The summed E-state index contributed by atoms with van der Waals surface area (Å²) in [5.74, 6) is -0.197. The van der Waals surface area contributed by atoms with Crippen molar-refractivity contribution in [2.75, 3.05) is 44.2 Å². The molecule has 0 aliphatic carbocycles. The van der Waals surface area contributed by atoms with Crippen LogP contribution in [0.1, 0.15) is 36.5 Å². The highest BCUT2D eigenvalue weighted by Crippen LogP contribution is 2.31. The minimum absolute atomic E-state index is 0. The molecule has 2 fully saturated rings. The highest BCUT2D eigenvalue weighted by Gasteiger charge is 2.30. The van der Waals surface area contributed by atoms with Crippen LogP contribution in [0.2, 0.25) is 0 Å². The van der Waals surface area contributed by atoms with Gasteiger partial charge in [0, 0.05) is 63.9 Å². The van der Waals surface area contributed by atoms with Gasteiger partial charge in [0.05, 0.1) is 4.92 Å². The molecule has 2 aliphatic rings. The van der Waals surface area contributed by atoms with Crippen LogP contribution in [0.3, 0.4) is 0 Å². The van der Waals surface area contributed by atoms with Crippen molar-refractivity contribution in [2.24, 2.45) is 5.73 Å². The summed E-state index contributed by atoms with van der Waals surface area (Å²) in [5.41, 5.74) is 6.53. The maximum absolute atomic E-state index is 12.9. The van der Waals surface area contributed by atoms with Crippen LogP contribution in [0.15, 0.2) is 18.2 Å². The van der Waals surface area contributed by atoms with Crippen LogP contribution >= 0.6 is 12.4 Å². The summed E-state index contributed by atoms with van der Waals surface area (Å²) in [6.45, 7) is 4.64. The van der Waals surface area contributed by atoms with E-state index in [9.17, 15) is 19.7 Å². The molecular weight excluding hydrogens is 398 g/mol. The number of halogens is 1. The van der Waals surface area contributed by atoms with Gasteiger partial charge in [-0.1, -0.05) is 0 Å². The molecule has 3 rings (SSSR count). The van der Waals surface area contributed by atoms with E-state index in [1.165, 1.54) is 13.0 Å². The van der Waals surface area contributed by atoms with Gasteiger partial charge in [-0.2, -0.15) is 0 Å². The average molecular weight is 426 g/mol. The third-order valence-corrected chi connectivity index (χ3v) is 5.64. The minimum atomic E-state index is -0.444. The number of nitrogens with zero attached hydrogens (tertiary/aromatic N) is 4. The molecule has 9 nitrogen and oxygen atoms in total. The third kappa shape index (κ3) is 4.97. The predicted octanol–water partition coefficient (Wildman–Crippen LogP) is 1.64. The van der Waals surface area contributed by atoms with Crippen molar-refractivity contribution in [1.82, 2.24) is 9.80 Å². The van der Waals surface area contributed by atoms with Crippen molar-refractivity contribution in [1.29, 1.82) is 0 Å². The molecule has 10 heteroatoms. The SMILES string of the molecule is CC(=O)N1CCN(c2ccc(C(=O)N3CCCCC3CN)cc2[N+](=O)[O-])CC1.Cl. The summed E-state index contributed by atoms with van der Waals surface area (Å²) in [4.78, 5) is 41.0. The smallest absolute Gasteiger partial charge is 0.293 e. The van der Waals surface area contributed by atoms with E-state index in [0.29, 0.717) is 50.5 Å². The van der Waals surface area contributed by atoms with Crippen LogP contribution in [0.5, 0.6) is 0 Å². The van der Waals surface area contributed by atoms with Crippen LogP contribution < -0.4 is 10.6 Å². The topological polar surface area (TPSA) is 113 Å². The Morgan fingerprint density at radius 2 is 1.86 bits per heavy atom. The monoisotopic (exact) mass is 425 g/mol. The second kappa shape index (κ2) is 9.89. The highest BCUT2D eigenvalue weighted by molar-refractivity contribution is 5.96. The molecule has 1 atom stereocenters. The summed E-state index contributed by atoms with van der Waals surface area (Å²) in [7, 11) is 0. The number of carbonyl (C=O) groups excluding carboxylic acids is 2. The molecule has 0 aromatic heterocycles. The lowest BCUT2D eigenvalue weighted by Crippen LogP contribution is -2.48. The van der Waals surface area contributed by atoms with Gasteiger partial charge in [0.15, 0.2) is 0 Å². The van der Waals surface area contributed by atoms with Crippen LogP contribution in [-0.2, 0) is 4.79 Å². The summed E-state index contributed by atoms with van der Waals surface area (Å²) in [6, 6.07) is 4.66. The Balaban J connectivity index is 0.00000300. The molecule has 2 aliphatic heterocycles. The average Bonchev–Trinajstić information content (AvgIpc) is 2.72. The molecule has 2 amide bonds. The third-order valence-electron chi connectivity index (χ3n) is 5.64. The molecule has 0 bridgehead atoms. The highest BCUT2D eigenvalue weighted by atomic mass is 35.5. The Morgan fingerprint density at radius 1 is 1.17 bits per heavy atom. The Labute approximate surface area is 176 Å². The van der Waals surface area contributed by atoms with Gasteiger partial charge in [0.1, 0.15) is 5.69 Å². The molecule has 1 aromatic carbocycles. The number of rotatable bonds is 4. The first-order chi connectivity index (χ1) is 13.4. The summed E-state index contributed by atoms with van der Waals surface area (Å²) >= 11 is 0. The fourth-order valence-electron chi connectivity index (χ4n) is 4.01. The van der Waals surface area contributed by atoms with E-state index in [4.69, 9.17) is 5.73 Å². The molecule has 0 spiro atoms. The van der Waals surface area contributed by atoms with Gasteiger partial charge in [-0.05, 0) is 31.4 Å². The lowest BCUT2D eigenvalue weighted by Gasteiger charge is -2.36. The number of nitro groups is 1. The van der Waals surface area contributed by atoms with Crippen molar-refractivity contribution < 1.29 is 14.5 Å². The van der Waals surface area contributed by atoms with Crippen molar-refractivity contribution in [2.45, 2.75) is 32.2 Å². The Morgan fingerprint density at radius 3 is 2.45 bits per heavy atom. The van der Waals surface area contributed by atoms with Crippen molar-refractivity contribution in [3.63, 3.8) is 0 Å². The van der Waals surface area contributed by atoms with Gasteiger partial charge in [-0.25, -0.2) is 0 Å². The van der Waals surface area contributed by atoms with E-state index in [0.717, 1.165) is 19.3 Å². The van der Waals surface area contributed by atoms with E-state index in [1.54, 1.807) is 21.9 Å². The second-order valence-electron chi connectivity index (χ2n) is 7.34. The van der Waals surface area contributed by atoms with Crippen LogP contribution in [0.25, 0.3) is 0 Å². The van der Waals surface area contributed by atoms with Gasteiger partial charge in [-0.3, -0.25) is 19.7 Å². The molecule has 2 heterocycles. The Hall–Kier alpha value is -2.39. The number of anilines is 1. The number of hydrogen-bond acceptors (Lipinski definition) is 6. The summed E-state index contributed by atoms with van der Waals surface area (Å²) < 4.78 is 0. The van der Waals surface area contributed by atoms with Gasteiger partial charge < -0.3 is 20.4 Å². The van der Waals surface area contributed by atoms with Crippen LogP contribution in [-0.4, -0.2) is 71.8 Å². The molecule has 1 aromatic rings. The number of piperidine rings is 1. The Kier molecular flexibility index (Phi) is 7.80. The molecule has 160 valence electrons. The molecule has 1 unspecified atom stereocenters. The van der Waals surface area contributed by atoms with Gasteiger partial charge in [0.25, 0.3) is 11.6 Å². The Bertz CT molecular complexity index is 767. The number of nitrogens with two attached hydrogens (primary N) is 1. The van der Waals surface area contributed by atoms with Crippen LogP contribution in [0.4, 0.5) is 11.4 Å². The number of benzene rings is 1. The standard InChI is InChI=1S/C19H27N5O4.ClH/c1-14(25)21-8-10-22(11-9-21)17-6-5-15(12-18(17)24(27)28)19(26)23-7-3-2-4-16(23)13-20;/h5-6,12,16H,2-4,7-11,13,20H2,1H3;1H. The molecular formula is C19H28ClN5O4. The number of carbonyl (C=O) groups is 2. The first-order valence-electron chi connectivity index (χ1n) is 9.72. The van der Waals surface area contributed by atoms with Crippen molar-refractivity contribution >= 4 is 35.6 Å². The maximum Gasteiger partial charge on any atom is 0.293 e. The van der Waals surface area contributed by atoms with Crippen molar-refractivity contribution in [3.8, 4) is 0 Å². The lowest BCUT2D eigenvalue weighted by molar-refractivity contribution is -0.384. The predicted molar refractivity (Wildman–Crippen MR) is 113 cm³/mol. The van der Waals surface area contributed by atoms with Crippen molar-refractivity contribution in [3.05, 3.63) is 33.9 Å². The maximum atomic E-state index is 12.9. The van der Waals surface area contributed by atoms with Gasteiger partial charge >= 0.3 is 0 Å². The van der Waals surface area contributed by atoms with Gasteiger partial charge in [0.2, 0.25) is 5.91 Å². The quantitative estimate of drug-likeness (QED) is 0.579. The largest absolute Gasteiger partial charge is 0.362 e. The zero-order chi connectivity index (χ0) is 20.3. The molecule has 0 saturated carbocycles. The van der Waals surface area contributed by atoms with E-state index < -0.39 is 4.92 Å². The normalized spacial score (nSPS) is 19.5. The van der Waals surface area contributed by atoms with E-state index in [-0.39, 0.29) is 36.0 Å². The molecule has 2 saturated heterocycles. The summed E-state index contributed by atoms with van der Waals surface area (Å²) in [5, 5.41) is 11.7. The van der Waals surface area contributed by atoms with E-state index in [1.807, 2.05) is 4.90 Å². The zero-order valence-electron chi connectivity index (χ0n) is 16.6. The van der Waals surface area contributed by atoms with Crippen LogP contribution in [0, 0.1) is 10.1 Å². The van der Waals surface area contributed by atoms with E-state index >= 15 is 0 Å².